The molecule has 0 saturated carbocycles. The number of ether oxygens (including phenoxy) is 1. The van der Waals surface area contributed by atoms with Crippen LogP contribution in [0.1, 0.15) is 26.2 Å². The predicted octanol–water partition coefficient (Wildman–Crippen LogP) is 0.526. The first-order chi connectivity index (χ1) is 8.11. The molecule has 0 unspecified atom stereocenters. The Labute approximate surface area is 107 Å². The third-order valence-corrected chi connectivity index (χ3v) is 2.85. The summed E-state index contributed by atoms with van der Waals surface area (Å²) in [5, 5.41) is 3.06. The summed E-state index contributed by atoms with van der Waals surface area (Å²) in [6.07, 6.45) is 3.73. The van der Waals surface area contributed by atoms with Crippen LogP contribution in [0.2, 0.25) is 0 Å². The summed E-state index contributed by atoms with van der Waals surface area (Å²) in [6.45, 7) is 2.78. The second-order valence-electron chi connectivity index (χ2n) is 3.60. The molecule has 0 aromatic rings. The summed E-state index contributed by atoms with van der Waals surface area (Å²) < 4.78 is 4.80. The summed E-state index contributed by atoms with van der Waals surface area (Å²) in [5.74, 6) is 0.350. The molecule has 0 aliphatic heterocycles. The Balaban J connectivity index is 3.67. The fourth-order valence-electron chi connectivity index (χ4n) is 1.32. The van der Waals surface area contributed by atoms with Crippen LogP contribution in [0.5, 0.6) is 0 Å². The Hall–Kier alpha value is -0.750. The average molecular weight is 262 g/mol. The van der Waals surface area contributed by atoms with E-state index in [0.717, 1.165) is 12.2 Å². The predicted molar refractivity (Wildman–Crippen MR) is 69.9 cm³/mol. The minimum atomic E-state index is -0.338. The molecule has 3 N–H and O–H groups in total. The Morgan fingerprint density at radius 1 is 1.47 bits per heavy atom. The Morgan fingerprint density at radius 3 is 2.71 bits per heavy atom. The molecule has 0 rings (SSSR count). The van der Waals surface area contributed by atoms with Crippen molar-refractivity contribution in [1.82, 2.24) is 5.32 Å². The number of carbonyl (C=O) groups excluding carboxylic acids is 2. The highest BCUT2D eigenvalue weighted by molar-refractivity contribution is 7.98. The molecule has 0 aromatic carbocycles. The van der Waals surface area contributed by atoms with E-state index in [-0.39, 0.29) is 17.9 Å². The second kappa shape index (κ2) is 10.4. The van der Waals surface area contributed by atoms with Crippen molar-refractivity contribution in [2.75, 3.05) is 25.2 Å². The number of rotatable bonds is 10. The van der Waals surface area contributed by atoms with Crippen molar-refractivity contribution in [3.63, 3.8) is 0 Å². The highest BCUT2D eigenvalue weighted by atomic mass is 32.2. The van der Waals surface area contributed by atoms with Gasteiger partial charge in [0.1, 0.15) is 0 Å². The van der Waals surface area contributed by atoms with Gasteiger partial charge in [0, 0.05) is 6.42 Å². The van der Waals surface area contributed by atoms with Crippen LogP contribution in [0, 0.1) is 0 Å². The minimum Gasteiger partial charge on any atom is -0.466 e. The number of primary amides is 1. The largest absolute Gasteiger partial charge is 0.466 e. The van der Waals surface area contributed by atoms with Gasteiger partial charge in [0.25, 0.3) is 0 Å². The summed E-state index contributed by atoms with van der Waals surface area (Å²) >= 11 is 1.68. The van der Waals surface area contributed by atoms with Crippen LogP contribution in [0.15, 0.2) is 0 Å². The van der Waals surface area contributed by atoms with E-state index in [4.69, 9.17) is 10.5 Å². The molecule has 1 atom stereocenters. The molecule has 0 aliphatic carbocycles. The minimum absolute atomic E-state index is 0.200. The fraction of sp³-hybridized carbons (Fsp3) is 0.818. The summed E-state index contributed by atoms with van der Waals surface area (Å²) in [6, 6.07) is -0.301. The topological polar surface area (TPSA) is 81.4 Å². The molecule has 17 heavy (non-hydrogen) atoms. The van der Waals surface area contributed by atoms with Crippen LogP contribution >= 0.6 is 11.8 Å². The highest BCUT2D eigenvalue weighted by Gasteiger charge is 2.13. The standard InChI is InChI=1S/C11H22N2O3S/c1-3-16-10(14)5-4-7-13-9(11(12)15)6-8-17-2/h9,13H,3-8H2,1-2H3,(H2,12,15)/t9-/m0/s1. The van der Waals surface area contributed by atoms with Gasteiger partial charge in [-0.15, -0.1) is 0 Å². The van der Waals surface area contributed by atoms with Crippen molar-refractivity contribution in [2.45, 2.75) is 32.2 Å². The van der Waals surface area contributed by atoms with E-state index in [1.807, 2.05) is 6.26 Å². The van der Waals surface area contributed by atoms with Crippen molar-refractivity contribution in [3.05, 3.63) is 0 Å². The van der Waals surface area contributed by atoms with E-state index >= 15 is 0 Å². The van der Waals surface area contributed by atoms with Gasteiger partial charge in [-0.3, -0.25) is 9.59 Å². The van der Waals surface area contributed by atoms with Crippen molar-refractivity contribution >= 4 is 23.6 Å². The third-order valence-electron chi connectivity index (χ3n) is 2.21. The van der Waals surface area contributed by atoms with Crippen LogP contribution in [-0.2, 0) is 14.3 Å². The lowest BCUT2D eigenvalue weighted by Crippen LogP contribution is -2.42. The number of thioether (sulfide) groups is 1. The molecule has 0 spiro atoms. The number of hydrogen-bond donors (Lipinski definition) is 2. The van der Waals surface area contributed by atoms with Gasteiger partial charge in [-0.1, -0.05) is 0 Å². The maximum atomic E-state index is 11.1. The number of hydrogen-bond acceptors (Lipinski definition) is 5. The SMILES string of the molecule is CCOC(=O)CCCN[C@@H](CCSC)C(N)=O. The molecule has 0 saturated heterocycles. The van der Waals surface area contributed by atoms with E-state index in [2.05, 4.69) is 5.32 Å². The van der Waals surface area contributed by atoms with Crippen molar-refractivity contribution in [1.29, 1.82) is 0 Å². The molecule has 5 nitrogen and oxygen atoms in total. The first-order valence-corrected chi connectivity index (χ1v) is 7.18. The Kier molecular flexibility index (Phi) is 9.95. The molecule has 6 heteroatoms. The molecule has 100 valence electrons. The lowest BCUT2D eigenvalue weighted by atomic mass is 10.2. The molecular formula is C11H22N2O3S. The quantitative estimate of drug-likeness (QED) is 0.443. The molecule has 0 radical (unpaired) electrons. The molecule has 0 heterocycles. The maximum Gasteiger partial charge on any atom is 0.305 e. The molecule has 0 bridgehead atoms. The van der Waals surface area contributed by atoms with Crippen molar-refractivity contribution in [2.24, 2.45) is 5.73 Å². The van der Waals surface area contributed by atoms with Gasteiger partial charge in [-0.05, 0) is 38.3 Å². The van der Waals surface area contributed by atoms with Gasteiger partial charge in [0.05, 0.1) is 12.6 Å². The van der Waals surface area contributed by atoms with E-state index in [9.17, 15) is 9.59 Å². The second-order valence-corrected chi connectivity index (χ2v) is 4.58. The van der Waals surface area contributed by atoms with Gasteiger partial charge < -0.3 is 15.8 Å². The number of nitrogens with one attached hydrogen (secondary N) is 1. The smallest absolute Gasteiger partial charge is 0.305 e. The van der Waals surface area contributed by atoms with Gasteiger partial charge in [-0.25, -0.2) is 0 Å². The first-order valence-electron chi connectivity index (χ1n) is 5.79. The Bertz CT molecular complexity index is 237. The zero-order valence-electron chi connectivity index (χ0n) is 10.5. The first kappa shape index (κ1) is 16.2. The lowest BCUT2D eigenvalue weighted by molar-refractivity contribution is -0.143. The zero-order chi connectivity index (χ0) is 13.1. The van der Waals surface area contributed by atoms with E-state index < -0.39 is 0 Å². The molecule has 0 aromatic heterocycles. The molecule has 0 fully saturated rings. The highest BCUT2D eigenvalue weighted by Crippen LogP contribution is 2.01. The summed E-state index contributed by atoms with van der Waals surface area (Å²) in [5.41, 5.74) is 5.26. The van der Waals surface area contributed by atoms with Gasteiger partial charge in [0.2, 0.25) is 5.91 Å². The molecule has 0 aliphatic rings. The van der Waals surface area contributed by atoms with Crippen LogP contribution in [-0.4, -0.2) is 43.1 Å². The van der Waals surface area contributed by atoms with Crippen LogP contribution in [0.3, 0.4) is 0 Å². The number of nitrogens with two attached hydrogens (primary N) is 1. The van der Waals surface area contributed by atoms with E-state index in [1.165, 1.54) is 0 Å². The number of amides is 1. The Morgan fingerprint density at radius 2 is 2.18 bits per heavy atom. The maximum absolute atomic E-state index is 11.1. The van der Waals surface area contributed by atoms with Crippen LogP contribution in [0.4, 0.5) is 0 Å². The summed E-state index contributed by atoms with van der Waals surface area (Å²) in [7, 11) is 0. The van der Waals surface area contributed by atoms with Gasteiger partial charge >= 0.3 is 5.97 Å². The average Bonchev–Trinajstić information content (AvgIpc) is 2.28. The molecular weight excluding hydrogens is 240 g/mol. The van der Waals surface area contributed by atoms with E-state index in [1.54, 1.807) is 18.7 Å². The van der Waals surface area contributed by atoms with Crippen LogP contribution in [0.25, 0.3) is 0 Å². The third kappa shape index (κ3) is 9.00. The van der Waals surface area contributed by atoms with Gasteiger partial charge in [-0.2, -0.15) is 11.8 Å². The number of esters is 1. The van der Waals surface area contributed by atoms with Gasteiger partial charge in [0.15, 0.2) is 0 Å². The zero-order valence-corrected chi connectivity index (χ0v) is 11.3. The normalized spacial score (nSPS) is 12.1. The molecule has 1 amide bonds. The van der Waals surface area contributed by atoms with Crippen LogP contribution < -0.4 is 11.1 Å². The van der Waals surface area contributed by atoms with Crippen molar-refractivity contribution < 1.29 is 14.3 Å². The summed E-state index contributed by atoms with van der Waals surface area (Å²) in [4.78, 5) is 22.1. The number of carbonyl (C=O) groups is 2. The fourth-order valence-corrected chi connectivity index (χ4v) is 1.79. The van der Waals surface area contributed by atoms with E-state index in [0.29, 0.717) is 26.0 Å². The monoisotopic (exact) mass is 262 g/mol. The lowest BCUT2D eigenvalue weighted by Gasteiger charge is -2.14. The van der Waals surface area contributed by atoms with Crippen molar-refractivity contribution in [3.8, 4) is 0 Å².